The van der Waals surface area contributed by atoms with E-state index in [1.807, 2.05) is 43.3 Å². The van der Waals surface area contributed by atoms with E-state index >= 15 is 0 Å². The lowest BCUT2D eigenvalue weighted by Gasteiger charge is -2.28. The van der Waals surface area contributed by atoms with Crippen molar-refractivity contribution in [2.24, 2.45) is 16.1 Å². The number of aryl methyl sites for hydroxylation is 2. The van der Waals surface area contributed by atoms with E-state index in [1.54, 1.807) is 6.21 Å². The summed E-state index contributed by atoms with van der Waals surface area (Å²) in [6.45, 7) is 6.13. The Balaban J connectivity index is 1.18. The molecule has 5 aromatic rings. The van der Waals surface area contributed by atoms with Gasteiger partial charge in [0, 0.05) is 17.7 Å². The number of carbonyl (C=O) groups excluding carboxylic acids is 2. The molecule has 1 saturated carbocycles. The summed E-state index contributed by atoms with van der Waals surface area (Å²) < 4.78 is 11.6. The molecule has 0 amide bonds. The molecule has 1 aliphatic carbocycles. The first-order chi connectivity index (χ1) is 25.2. The van der Waals surface area contributed by atoms with E-state index < -0.39 is 0 Å². The summed E-state index contributed by atoms with van der Waals surface area (Å²) in [5, 5.41) is 11.3. The molecule has 6 nitrogen and oxygen atoms in total. The van der Waals surface area contributed by atoms with Gasteiger partial charge in [-0.15, -0.1) is 0 Å². The number of hydrogen-bond acceptors (Lipinski definition) is 7. The zero-order valence-electron chi connectivity index (χ0n) is 30.2. The Kier molecular flexibility index (Phi) is 12.4. The molecule has 1 fully saturated rings. The number of esters is 2. The van der Waals surface area contributed by atoms with Crippen LogP contribution in [0.1, 0.15) is 74.1 Å². The fraction of sp³-hybridized carbons (Fsp3) is 0.289. The Hall–Kier alpha value is -5.01. The third-order valence-electron chi connectivity index (χ3n) is 9.72. The van der Waals surface area contributed by atoms with Crippen LogP contribution in [-0.2, 0) is 14.3 Å². The molecule has 7 heteroatoms. The van der Waals surface area contributed by atoms with Crippen molar-refractivity contribution in [3.8, 4) is 28.0 Å². The number of thiol groups is 1. The largest absolute Gasteiger partial charge is 0.462 e. The summed E-state index contributed by atoms with van der Waals surface area (Å²) in [4.78, 5) is 25.1. The SMILES string of the molecule is C/C(=N\N=C\c1ccc2ccccc2c1)c1cc(-c2ccc(-c3cc(C)cc(C)c3)cc2)ccc1OC(=O)CCC1CCC(OC(=O)CCS)CC1. The van der Waals surface area contributed by atoms with Gasteiger partial charge in [0.25, 0.3) is 0 Å². The Bertz CT molecular complexity index is 2070. The number of ether oxygens (including phenoxy) is 2. The molecule has 0 atom stereocenters. The van der Waals surface area contributed by atoms with Crippen molar-refractivity contribution in [2.75, 3.05) is 5.75 Å². The molecule has 0 unspecified atom stereocenters. The van der Waals surface area contributed by atoms with Crippen LogP contribution in [0.15, 0.2) is 113 Å². The maximum atomic E-state index is 13.2. The maximum absolute atomic E-state index is 13.2. The normalized spacial score (nSPS) is 16.3. The zero-order valence-corrected chi connectivity index (χ0v) is 31.1. The third kappa shape index (κ3) is 9.86. The predicted octanol–water partition coefficient (Wildman–Crippen LogP) is 10.7. The van der Waals surface area contributed by atoms with E-state index in [1.165, 1.54) is 22.1 Å². The van der Waals surface area contributed by atoms with Crippen molar-refractivity contribution in [3.63, 3.8) is 0 Å². The third-order valence-corrected chi connectivity index (χ3v) is 9.94. The van der Waals surface area contributed by atoms with E-state index in [4.69, 9.17) is 9.47 Å². The summed E-state index contributed by atoms with van der Waals surface area (Å²) in [6, 6.07) is 35.4. The first kappa shape index (κ1) is 36.8. The molecule has 6 rings (SSSR count). The molecule has 1 aliphatic rings. The molecule has 0 N–H and O–H groups in total. The molecular weight excluding hydrogens is 665 g/mol. The van der Waals surface area contributed by atoms with Gasteiger partial charge in [0.15, 0.2) is 0 Å². The summed E-state index contributed by atoms with van der Waals surface area (Å²) in [5.74, 6) is 0.890. The van der Waals surface area contributed by atoms with Gasteiger partial charge in [0.2, 0.25) is 0 Å². The van der Waals surface area contributed by atoms with Gasteiger partial charge in [-0.1, -0.05) is 96.1 Å². The number of hydrogen-bond donors (Lipinski definition) is 1. The Morgan fingerprint density at radius 3 is 2.12 bits per heavy atom. The topological polar surface area (TPSA) is 77.3 Å². The number of carbonyl (C=O) groups is 2. The summed E-state index contributed by atoms with van der Waals surface area (Å²) >= 11 is 4.11. The van der Waals surface area contributed by atoms with E-state index in [0.29, 0.717) is 41.5 Å². The smallest absolute Gasteiger partial charge is 0.311 e. The lowest BCUT2D eigenvalue weighted by atomic mass is 9.84. The van der Waals surface area contributed by atoms with Crippen LogP contribution in [0.25, 0.3) is 33.0 Å². The van der Waals surface area contributed by atoms with Gasteiger partial charge in [-0.25, -0.2) is 0 Å². The van der Waals surface area contributed by atoms with Crippen LogP contribution in [0, 0.1) is 19.8 Å². The highest BCUT2D eigenvalue weighted by Crippen LogP contribution is 2.32. The first-order valence-corrected chi connectivity index (χ1v) is 18.8. The minimum Gasteiger partial charge on any atom is -0.462 e. The second kappa shape index (κ2) is 17.5. The van der Waals surface area contributed by atoms with Gasteiger partial charge in [0.1, 0.15) is 11.9 Å². The van der Waals surface area contributed by atoms with Gasteiger partial charge < -0.3 is 9.47 Å². The average Bonchev–Trinajstić information content (AvgIpc) is 3.14. The monoisotopic (exact) mass is 710 g/mol. The second-order valence-corrected chi connectivity index (χ2v) is 14.3. The quantitative estimate of drug-likeness (QED) is 0.0460. The van der Waals surface area contributed by atoms with Crippen LogP contribution in [0.2, 0.25) is 0 Å². The Morgan fingerprint density at radius 2 is 1.40 bits per heavy atom. The fourth-order valence-electron chi connectivity index (χ4n) is 6.97. The molecule has 0 radical (unpaired) electrons. The second-order valence-electron chi connectivity index (χ2n) is 13.8. The molecule has 266 valence electrons. The zero-order chi connectivity index (χ0) is 36.5. The molecule has 0 aliphatic heterocycles. The van der Waals surface area contributed by atoms with Crippen molar-refractivity contribution < 1.29 is 19.1 Å². The highest BCUT2D eigenvalue weighted by atomic mass is 32.1. The minimum absolute atomic E-state index is 0.0363. The first-order valence-electron chi connectivity index (χ1n) is 18.1. The average molecular weight is 711 g/mol. The van der Waals surface area contributed by atoms with Gasteiger partial charge in [-0.2, -0.15) is 22.8 Å². The Labute approximate surface area is 312 Å². The number of rotatable bonds is 12. The lowest BCUT2D eigenvalue weighted by molar-refractivity contribution is -0.150. The molecular formula is C45H46N2O4S. The molecule has 0 heterocycles. The minimum atomic E-state index is -0.276. The molecule has 0 saturated heterocycles. The van der Waals surface area contributed by atoms with Gasteiger partial charge in [-0.3, -0.25) is 9.59 Å². The Morgan fingerprint density at radius 1 is 0.731 bits per heavy atom. The van der Waals surface area contributed by atoms with Crippen molar-refractivity contribution in [1.82, 2.24) is 0 Å². The molecule has 0 spiro atoms. The van der Waals surface area contributed by atoms with Gasteiger partial charge in [-0.05, 0) is 116 Å². The van der Waals surface area contributed by atoms with Crippen LogP contribution < -0.4 is 4.74 Å². The van der Waals surface area contributed by atoms with Crippen LogP contribution >= 0.6 is 12.6 Å². The number of nitrogens with zero attached hydrogens (tertiary/aromatic N) is 2. The van der Waals surface area contributed by atoms with Crippen molar-refractivity contribution in [1.29, 1.82) is 0 Å². The van der Waals surface area contributed by atoms with Crippen molar-refractivity contribution in [2.45, 2.75) is 71.8 Å². The van der Waals surface area contributed by atoms with E-state index in [-0.39, 0.29) is 18.0 Å². The lowest BCUT2D eigenvalue weighted by Crippen LogP contribution is -2.25. The highest BCUT2D eigenvalue weighted by Gasteiger charge is 2.25. The summed E-state index contributed by atoms with van der Waals surface area (Å²) in [5.41, 5.74) is 9.16. The van der Waals surface area contributed by atoms with Gasteiger partial charge in [0.05, 0.1) is 18.3 Å². The standard InChI is InChI=1S/C45H46N2O4S/c1-30-24-31(2)26-40(25-30)37-15-13-36(14-16-37)39-17-20-43(51-44(48)21-11-33-9-18-41(19-10-33)50-45(49)22-23-52)42(28-39)32(3)47-46-29-34-8-12-35-6-4-5-7-38(35)27-34/h4-8,12-17,20,24-29,33,41,52H,9-11,18-19,21-23H2,1-3H3/b46-29+,47-32+. The molecule has 0 aromatic heterocycles. The molecule has 5 aromatic carbocycles. The van der Waals surface area contributed by atoms with Crippen LogP contribution in [0.3, 0.4) is 0 Å². The van der Waals surface area contributed by atoms with E-state index in [0.717, 1.165) is 59.7 Å². The number of benzene rings is 5. The van der Waals surface area contributed by atoms with E-state index in [9.17, 15) is 9.59 Å². The van der Waals surface area contributed by atoms with E-state index in [2.05, 4.69) is 103 Å². The molecule has 0 bridgehead atoms. The predicted molar refractivity (Wildman–Crippen MR) is 216 cm³/mol. The highest BCUT2D eigenvalue weighted by molar-refractivity contribution is 7.80. The molecule has 52 heavy (non-hydrogen) atoms. The summed E-state index contributed by atoms with van der Waals surface area (Å²) in [6.07, 6.45) is 6.59. The van der Waals surface area contributed by atoms with Crippen LogP contribution in [-0.4, -0.2) is 35.7 Å². The van der Waals surface area contributed by atoms with Crippen LogP contribution in [0.5, 0.6) is 5.75 Å². The van der Waals surface area contributed by atoms with Crippen molar-refractivity contribution >= 4 is 47.3 Å². The van der Waals surface area contributed by atoms with Crippen LogP contribution in [0.4, 0.5) is 0 Å². The number of fused-ring (bicyclic) bond motifs is 1. The van der Waals surface area contributed by atoms with Gasteiger partial charge >= 0.3 is 11.9 Å². The summed E-state index contributed by atoms with van der Waals surface area (Å²) in [7, 11) is 0. The van der Waals surface area contributed by atoms with Crippen molar-refractivity contribution in [3.05, 3.63) is 125 Å². The maximum Gasteiger partial charge on any atom is 0.311 e. The fourth-order valence-corrected chi connectivity index (χ4v) is 7.15.